The highest BCUT2D eigenvalue weighted by molar-refractivity contribution is 6.33. The second-order valence-electron chi connectivity index (χ2n) is 6.33. The van der Waals surface area contributed by atoms with Crippen molar-refractivity contribution in [3.05, 3.63) is 76.8 Å². The highest BCUT2D eigenvalue weighted by Crippen LogP contribution is 2.37. The molecule has 1 N–H and O–H groups in total. The van der Waals surface area contributed by atoms with E-state index >= 15 is 0 Å². The fourth-order valence-electron chi connectivity index (χ4n) is 2.85. The van der Waals surface area contributed by atoms with Gasteiger partial charge >= 0.3 is 6.03 Å². The molecule has 0 bridgehead atoms. The van der Waals surface area contributed by atoms with Crippen molar-refractivity contribution in [3.63, 3.8) is 0 Å². The monoisotopic (exact) mass is 426 g/mol. The van der Waals surface area contributed by atoms with Gasteiger partial charge in [0, 0.05) is 6.54 Å². The summed E-state index contributed by atoms with van der Waals surface area (Å²) in [4.78, 5) is 37.4. The fourth-order valence-corrected chi connectivity index (χ4v) is 3.12. The predicted molar refractivity (Wildman–Crippen MR) is 112 cm³/mol. The lowest BCUT2D eigenvalue weighted by atomic mass is 10.1. The first-order valence-electron chi connectivity index (χ1n) is 8.98. The quantitative estimate of drug-likeness (QED) is 0.415. The molecule has 30 heavy (non-hydrogen) atoms. The van der Waals surface area contributed by atoms with Gasteiger partial charge in [0.2, 0.25) is 0 Å². The molecule has 4 amide bonds. The van der Waals surface area contributed by atoms with Crippen LogP contribution in [0.5, 0.6) is 11.5 Å². The van der Waals surface area contributed by atoms with Gasteiger partial charge in [-0.3, -0.25) is 19.8 Å². The van der Waals surface area contributed by atoms with Gasteiger partial charge in [-0.2, -0.15) is 0 Å². The molecule has 154 valence electrons. The van der Waals surface area contributed by atoms with E-state index in [9.17, 15) is 14.4 Å². The van der Waals surface area contributed by atoms with Crippen molar-refractivity contribution in [1.82, 2.24) is 10.2 Å². The summed E-state index contributed by atoms with van der Waals surface area (Å²) in [5.41, 5.74) is 1.20. The van der Waals surface area contributed by atoms with Crippen molar-refractivity contribution in [1.29, 1.82) is 0 Å². The minimum absolute atomic E-state index is 0.0222. The number of nitrogens with one attached hydrogen (secondary N) is 1. The summed E-state index contributed by atoms with van der Waals surface area (Å²) in [7, 11) is 1.46. The molecular formula is C22H19ClN2O5. The van der Waals surface area contributed by atoms with Crippen LogP contribution >= 0.6 is 11.6 Å². The number of urea groups is 1. The molecule has 0 atom stereocenters. The molecule has 0 aromatic heterocycles. The molecule has 1 aliphatic heterocycles. The SMILES string of the molecule is C=CCN1C(=O)NC(=O)/C(=C\c2cc(Cl)c(OCc3ccccc3)c(OC)c2)C1=O. The van der Waals surface area contributed by atoms with Crippen molar-refractivity contribution >= 4 is 35.5 Å². The van der Waals surface area contributed by atoms with Crippen molar-refractivity contribution in [2.45, 2.75) is 6.61 Å². The molecular weight excluding hydrogens is 408 g/mol. The molecule has 0 spiro atoms. The Morgan fingerprint density at radius 2 is 1.90 bits per heavy atom. The number of methoxy groups -OCH3 is 1. The van der Waals surface area contributed by atoms with E-state index in [2.05, 4.69) is 11.9 Å². The second-order valence-corrected chi connectivity index (χ2v) is 6.74. The largest absolute Gasteiger partial charge is 0.493 e. The summed E-state index contributed by atoms with van der Waals surface area (Å²) in [5.74, 6) is -0.825. The number of amides is 4. The van der Waals surface area contributed by atoms with Crippen LogP contribution in [0.4, 0.5) is 4.79 Å². The molecule has 7 nitrogen and oxygen atoms in total. The maximum Gasteiger partial charge on any atom is 0.331 e. The molecule has 2 aromatic carbocycles. The Hall–Kier alpha value is -3.58. The third-order valence-corrected chi connectivity index (χ3v) is 4.57. The van der Waals surface area contributed by atoms with Crippen molar-refractivity contribution in [2.75, 3.05) is 13.7 Å². The number of halogens is 1. The number of ether oxygens (including phenoxy) is 2. The number of carbonyl (C=O) groups excluding carboxylic acids is 3. The molecule has 3 rings (SSSR count). The summed E-state index contributed by atoms with van der Waals surface area (Å²) in [6, 6.07) is 11.9. The van der Waals surface area contributed by atoms with E-state index in [4.69, 9.17) is 21.1 Å². The molecule has 0 saturated carbocycles. The van der Waals surface area contributed by atoms with Gasteiger partial charge in [-0.1, -0.05) is 48.0 Å². The Bertz CT molecular complexity index is 1030. The lowest BCUT2D eigenvalue weighted by Crippen LogP contribution is -2.54. The van der Waals surface area contributed by atoms with E-state index in [1.807, 2.05) is 30.3 Å². The lowest BCUT2D eigenvalue weighted by molar-refractivity contribution is -0.129. The van der Waals surface area contributed by atoms with Crippen LogP contribution in [0, 0.1) is 0 Å². The average molecular weight is 427 g/mol. The number of hydrogen-bond acceptors (Lipinski definition) is 5. The maximum atomic E-state index is 12.5. The molecule has 1 fully saturated rings. The number of imide groups is 2. The van der Waals surface area contributed by atoms with Crippen LogP contribution in [0.25, 0.3) is 6.08 Å². The van der Waals surface area contributed by atoms with Gasteiger partial charge in [0.05, 0.1) is 12.1 Å². The molecule has 8 heteroatoms. The standard InChI is InChI=1S/C22H19ClN2O5/c1-3-9-25-21(27)16(20(26)24-22(25)28)10-15-11-17(23)19(18(12-15)29-2)30-13-14-7-5-4-6-8-14/h3-8,10-12H,1,9,13H2,2H3,(H,24,26,28)/b16-10+. The van der Waals surface area contributed by atoms with E-state index in [1.54, 1.807) is 12.1 Å². The van der Waals surface area contributed by atoms with Crippen LogP contribution in [0.1, 0.15) is 11.1 Å². The summed E-state index contributed by atoms with van der Waals surface area (Å²) in [6.07, 6.45) is 2.74. The summed E-state index contributed by atoms with van der Waals surface area (Å²) >= 11 is 6.37. The fraction of sp³-hybridized carbons (Fsp3) is 0.136. The first kappa shape index (κ1) is 21.1. The zero-order valence-electron chi connectivity index (χ0n) is 16.2. The number of nitrogens with zero attached hydrogens (tertiary/aromatic N) is 1. The number of carbonyl (C=O) groups is 3. The Kier molecular flexibility index (Phi) is 6.54. The normalized spacial score (nSPS) is 15.2. The maximum absolute atomic E-state index is 12.5. The van der Waals surface area contributed by atoms with Gasteiger partial charge in [-0.25, -0.2) is 4.79 Å². The first-order chi connectivity index (χ1) is 14.4. The third-order valence-electron chi connectivity index (χ3n) is 4.29. The van der Waals surface area contributed by atoms with Gasteiger partial charge in [-0.15, -0.1) is 6.58 Å². The van der Waals surface area contributed by atoms with Crippen LogP contribution in [0.3, 0.4) is 0 Å². The Balaban J connectivity index is 1.90. The van der Waals surface area contributed by atoms with Crippen LogP contribution in [0.15, 0.2) is 60.7 Å². The van der Waals surface area contributed by atoms with E-state index in [1.165, 1.54) is 19.3 Å². The van der Waals surface area contributed by atoms with E-state index in [0.717, 1.165) is 10.5 Å². The number of hydrogen-bond donors (Lipinski definition) is 1. The van der Waals surface area contributed by atoms with Crippen LogP contribution in [-0.4, -0.2) is 36.4 Å². The number of barbiturate groups is 1. The van der Waals surface area contributed by atoms with Crippen molar-refractivity contribution in [2.24, 2.45) is 0 Å². The van der Waals surface area contributed by atoms with Crippen LogP contribution < -0.4 is 14.8 Å². The van der Waals surface area contributed by atoms with E-state index < -0.39 is 17.8 Å². The smallest absolute Gasteiger partial charge is 0.331 e. The second kappa shape index (κ2) is 9.28. The molecule has 1 saturated heterocycles. The van der Waals surface area contributed by atoms with Gasteiger partial charge in [-0.05, 0) is 29.3 Å². The molecule has 0 aliphatic carbocycles. The molecule has 0 unspecified atom stereocenters. The topological polar surface area (TPSA) is 84.9 Å². The Morgan fingerprint density at radius 3 is 2.57 bits per heavy atom. The Morgan fingerprint density at radius 1 is 1.17 bits per heavy atom. The molecule has 1 aliphatic rings. The molecule has 0 radical (unpaired) electrons. The molecule has 1 heterocycles. The lowest BCUT2D eigenvalue weighted by Gasteiger charge is -2.25. The minimum atomic E-state index is -0.790. The zero-order valence-corrected chi connectivity index (χ0v) is 16.9. The van der Waals surface area contributed by atoms with Crippen molar-refractivity contribution in [3.8, 4) is 11.5 Å². The molecule has 2 aromatic rings. The van der Waals surface area contributed by atoms with Crippen LogP contribution in [0.2, 0.25) is 5.02 Å². The van der Waals surface area contributed by atoms with E-state index in [0.29, 0.717) is 17.1 Å². The summed E-state index contributed by atoms with van der Waals surface area (Å²) in [5, 5.41) is 2.38. The average Bonchev–Trinajstić information content (AvgIpc) is 2.73. The van der Waals surface area contributed by atoms with Gasteiger partial charge in [0.1, 0.15) is 12.2 Å². The van der Waals surface area contributed by atoms with Crippen LogP contribution in [-0.2, 0) is 16.2 Å². The van der Waals surface area contributed by atoms with Gasteiger partial charge in [0.25, 0.3) is 11.8 Å². The van der Waals surface area contributed by atoms with Gasteiger partial charge in [0.15, 0.2) is 11.5 Å². The number of benzene rings is 2. The van der Waals surface area contributed by atoms with Crippen molar-refractivity contribution < 1.29 is 23.9 Å². The first-order valence-corrected chi connectivity index (χ1v) is 9.36. The van der Waals surface area contributed by atoms with Gasteiger partial charge < -0.3 is 9.47 Å². The summed E-state index contributed by atoms with van der Waals surface area (Å²) < 4.78 is 11.2. The highest BCUT2D eigenvalue weighted by Gasteiger charge is 2.35. The third kappa shape index (κ3) is 4.52. The predicted octanol–water partition coefficient (Wildman–Crippen LogP) is 3.58. The highest BCUT2D eigenvalue weighted by atomic mass is 35.5. The minimum Gasteiger partial charge on any atom is -0.493 e. The number of rotatable bonds is 7. The Labute approximate surface area is 178 Å². The zero-order chi connectivity index (χ0) is 21.7. The summed E-state index contributed by atoms with van der Waals surface area (Å²) in [6.45, 7) is 3.78. The van der Waals surface area contributed by atoms with E-state index in [-0.39, 0.29) is 23.7 Å².